The Kier molecular flexibility index (Phi) is 7.43. The molecule has 0 bridgehead atoms. The highest BCUT2D eigenvalue weighted by atomic mass is 79.9. The quantitative estimate of drug-likeness (QED) is 0.380. The number of rotatable bonds is 5. The van der Waals surface area contributed by atoms with Gasteiger partial charge in [-0.15, -0.1) is 0 Å². The molecular formula is C26H26Br2N2O4S. The number of aliphatic hydroxyl groups is 1. The van der Waals surface area contributed by atoms with Gasteiger partial charge in [-0.3, -0.25) is 9.52 Å². The van der Waals surface area contributed by atoms with E-state index in [1.54, 1.807) is 41.3 Å². The number of nitrogens with zero attached hydrogens (tertiary/aromatic N) is 1. The Morgan fingerprint density at radius 1 is 1.00 bits per heavy atom. The van der Waals surface area contributed by atoms with E-state index in [2.05, 4.69) is 36.6 Å². The molecule has 0 aromatic heterocycles. The van der Waals surface area contributed by atoms with Crippen molar-refractivity contribution in [3.63, 3.8) is 0 Å². The number of nitrogens with one attached hydrogen (secondary N) is 1. The number of sulfonamides is 1. The summed E-state index contributed by atoms with van der Waals surface area (Å²) in [5, 5.41) is 11.3. The zero-order valence-electron chi connectivity index (χ0n) is 19.4. The molecule has 3 aromatic carbocycles. The van der Waals surface area contributed by atoms with Gasteiger partial charge >= 0.3 is 0 Å². The number of aryl methyl sites for hydroxylation is 1. The van der Waals surface area contributed by atoms with Crippen LogP contribution in [0.4, 0.5) is 5.69 Å². The van der Waals surface area contributed by atoms with Crippen molar-refractivity contribution >= 4 is 53.5 Å². The minimum absolute atomic E-state index is 0.108. The number of piperidine rings is 1. The van der Waals surface area contributed by atoms with Crippen LogP contribution < -0.4 is 4.72 Å². The maximum atomic E-state index is 13.1. The second-order valence-electron chi connectivity index (χ2n) is 8.83. The second kappa shape index (κ2) is 10.0. The maximum absolute atomic E-state index is 13.1. The lowest BCUT2D eigenvalue weighted by molar-refractivity contribution is -0.0216. The number of benzene rings is 3. The second-order valence-corrected chi connectivity index (χ2v) is 12.2. The lowest BCUT2D eigenvalue weighted by Crippen LogP contribution is -2.45. The first-order valence-electron chi connectivity index (χ1n) is 11.2. The smallest absolute Gasteiger partial charge is 0.263 e. The summed E-state index contributed by atoms with van der Waals surface area (Å²) in [6.45, 7) is 4.93. The van der Waals surface area contributed by atoms with Gasteiger partial charge in [-0.25, -0.2) is 8.42 Å². The molecule has 0 atom stereocenters. The van der Waals surface area contributed by atoms with Crippen molar-refractivity contribution in [1.29, 1.82) is 0 Å². The zero-order valence-corrected chi connectivity index (χ0v) is 23.4. The lowest BCUT2D eigenvalue weighted by atomic mass is 9.81. The van der Waals surface area contributed by atoms with E-state index in [0.717, 1.165) is 16.7 Å². The molecule has 6 nitrogen and oxygen atoms in total. The number of halogens is 2. The van der Waals surface area contributed by atoms with E-state index in [1.165, 1.54) is 6.07 Å². The third kappa shape index (κ3) is 5.48. The van der Waals surface area contributed by atoms with Crippen molar-refractivity contribution in [2.45, 2.75) is 37.2 Å². The number of likely N-dealkylation sites (tertiary alicyclic amines) is 1. The van der Waals surface area contributed by atoms with Gasteiger partial charge in [0.1, 0.15) is 4.90 Å². The molecule has 9 heteroatoms. The van der Waals surface area contributed by atoms with Crippen molar-refractivity contribution in [1.82, 2.24) is 4.90 Å². The van der Waals surface area contributed by atoms with Crippen LogP contribution in [0.2, 0.25) is 0 Å². The molecule has 1 saturated heterocycles. The van der Waals surface area contributed by atoms with Crippen LogP contribution in [0.3, 0.4) is 0 Å². The Labute approximate surface area is 222 Å². The molecule has 2 N–H and O–H groups in total. The fourth-order valence-corrected chi connectivity index (χ4v) is 6.92. The molecule has 1 fully saturated rings. The normalized spacial score (nSPS) is 15.6. The number of carbonyl (C=O) groups is 1. The Morgan fingerprint density at radius 2 is 1.66 bits per heavy atom. The van der Waals surface area contributed by atoms with E-state index < -0.39 is 15.6 Å². The van der Waals surface area contributed by atoms with E-state index in [9.17, 15) is 18.3 Å². The zero-order chi connectivity index (χ0) is 25.4. The van der Waals surface area contributed by atoms with Gasteiger partial charge in [-0.2, -0.15) is 0 Å². The first-order valence-corrected chi connectivity index (χ1v) is 14.2. The van der Waals surface area contributed by atoms with Gasteiger partial charge < -0.3 is 10.0 Å². The topological polar surface area (TPSA) is 86.7 Å². The van der Waals surface area contributed by atoms with Gasteiger partial charge in [0.25, 0.3) is 15.9 Å². The molecule has 0 aliphatic carbocycles. The summed E-state index contributed by atoms with van der Waals surface area (Å²) in [5.74, 6) is -0.142. The molecule has 1 aliphatic rings. The Morgan fingerprint density at radius 3 is 2.31 bits per heavy atom. The van der Waals surface area contributed by atoms with E-state index >= 15 is 0 Å². The van der Waals surface area contributed by atoms with Crippen LogP contribution in [-0.4, -0.2) is 37.4 Å². The minimum Gasteiger partial charge on any atom is -0.385 e. The molecular weight excluding hydrogens is 596 g/mol. The van der Waals surface area contributed by atoms with Gasteiger partial charge in [0.15, 0.2) is 0 Å². The molecule has 3 aromatic rings. The van der Waals surface area contributed by atoms with Gasteiger partial charge in [0, 0.05) is 33.3 Å². The lowest BCUT2D eigenvalue weighted by Gasteiger charge is -2.39. The molecule has 1 aliphatic heterocycles. The van der Waals surface area contributed by atoms with E-state index in [4.69, 9.17) is 0 Å². The number of anilines is 1. The number of carbonyl (C=O) groups excluding carboxylic acids is 1. The predicted octanol–water partition coefficient (Wildman–Crippen LogP) is 5.75. The van der Waals surface area contributed by atoms with Crippen LogP contribution in [-0.2, 0) is 15.6 Å². The van der Waals surface area contributed by atoms with Gasteiger partial charge in [0.2, 0.25) is 0 Å². The molecule has 0 spiro atoms. The van der Waals surface area contributed by atoms with Crippen molar-refractivity contribution in [2.24, 2.45) is 0 Å². The van der Waals surface area contributed by atoms with Gasteiger partial charge in [-0.05, 0) is 102 Å². The standard InChI is InChI=1S/C26H26Br2N2O4S/c1-17-4-3-5-22(18(17)2)26(32)12-14-30(15-13-26)25(31)19-6-9-21(10-7-19)29-35(33,34)24-16-20(27)8-11-23(24)28/h3-11,16,29,32H,12-15H2,1-2H3. The first kappa shape index (κ1) is 25.9. The van der Waals surface area contributed by atoms with Gasteiger partial charge in [0.05, 0.1) is 5.60 Å². The van der Waals surface area contributed by atoms with Crippen molar-refractivity contribution in [3.8, 4) is 0 Å². The third-order valence-corrected chi connectivity index (χ3v) is 9.42. The molecule has 0 saturated carbocycles. The molecule has 184 valence electrons. The molecule has 0 radical (unpaired) electrons. The fraction of sp³-hybridized carbons (Fsp3) is 0.269. The van der Waals surface area contributed by atoms with Crippen LogP contribution in [0.5, 0.6) is 0 Å². The molecule has 4 rings (SSSR count). The molecule has 1 amide bonds. The van der Waals surface area contributed by atoms with Crippen molar-refractivity contribution in [3.05, 3.63) is 91.9 Å². The summed E-state index contributed by atoms with van der Waals surface area (Å²) < 4.78 is 29.3. The number of amides is 1. The van der Waals surface area contributed by atoms with Crippen LogP contribution in [0.1, 0.15) is 39.9 Å². The first-order chi connectivity index (χ1) is 16.5. The minimum atomic E-state index is -3.82. The fourth-order valence-electron chi connectivity index (χ4n) is 4.36. The average Bonchev–Trinajstić information content (AvgIpc) is 2.82. The summed E-state index contributed by atoms with van der Waals surface area (Å²) in [6.07, 6.45) is 0.921. The Hall–Kier alpha value is -2.20. The van der Waals surface area contributed by atoms with E-state index in [-0.39, 0.29) is 10.8 Å². The molecule has 1 heterocycles. The van der Waals surface area contributed by atoms with Crippen LogP contribution in [0, 0.1) is 13.8 Å². The Bertz CT molecular complexity index is 1370. The largest absolute Gasteiger partial charge is 0.385 e. The predicted molar refractivity (Wildman–Crippen MR) is 144 cm³/mol. The third-order valence-electron chi connectivity index (χ3n) is 6.55. The summed E-state index contributed by atoms with van der Waals surface area (Å²) in [6, 6.07) is 17.2. The van der Waals surface area contributed by atoms with E-state index in [1.807, 2.05) is 32.0 Å². The highest BCUT2D eigenvalue weighted by Crippen LogP contribution is 2.36. The van der Waals surface area contributed by atoms with Crippen LogP contribution in [0.25, 0.3) is 0 Å². The maximum Gasteiger partial charge on any atom is 0.263 e. The summed E-state index contributed by atoms with van der Waals surface area (Å²) >= 11 is 6.57. The van der Waals surface area contributed by atoms with E-state index in [0.29, 0.717) is 46.1 Å². The van der Waals surface area contributed by atoms with Crippen LogP contribution >= 0.6 is 31.9 Å². The van der Waals surface area contributed by atoms with Crippen LogP contribution in [0.15, 0.2) is 74.5 Å². The number of hydrogen-bond donors (Lipinski definition) is 2. The highest BCUT2D eigenvalue weighted by molar-refractivity contribution is 9.11. The molecule has 35 heavy (non-hydrogen) atoms. The number of hydrogen-bond acceptors (Lipinski definition) is 4. The summed E-state index contributed by atoms with van der Waals surface area (Å²) in [4.78, 5) is 14.9. The van der Waals surface area contributed by atoms with Crippen molar-refractivity contribution in [2.75, 3.05) is 17.8 Å². The monoisotopic (exact) mass is 620 g/mol. The summed E-state index contributed by atoms with van der Waals surface area (Å²) in [5.41, 5.74) is 3.03. The van der Waals surface area contributed by atoms with Gasteiger partial charge in [-0.1, -0.05) is 34.1 Å². The molecule has 0 unspecified atom stereocenters. The Balaban J connectivity index is 1.43. The average molecular weight is 622 g/mol. The van der Waals surface area contributed by atoms with Crippen molar-refractivity contribution < 1.29 is 18.3 Å². The highest BCUT2D eigenvalue weighted by Gasteiger charge is 2.36. The summed E-state index contributed by atoms with van der Waals surface area (Å²) in [7, 11) is -3.82. The SMILES string of the molecule is Cc1cccc(C2(O)CCN(C(=O)c3ccc(NS(=O)(=O)c4cc(Br)ccc4Br)cc3)CC2)c1C.